The summed E-state index contributed by atoms with van der Waals surface area (Å²) in [4.78, 5) is 25.7. The van der Waals surface area contributed by atoms with Gasteiger partial charge in [0.2, 0.25) is 5.56 Å². The van der Waals surface area contributed by atoms with Crippen LogP contribution in [-0.2, 0) is 0 Å². The first-order chi connectivity index (χ1) is 8.06. The van der Waals surface area contributed by atoms with Crippen LogP contribution in [0.1, 0.15) is 50.4 Å². The molecule has 1 aromatic rings. The van der Waals surface area contributed by atoms with Crippen LogP contribution in [0.5, 0.6) is 0 Å². The van der Waals surface area contributed by atoms with Crippen LogP contribution in [0.15, 0.2) is 23.1 Å². The average molecular weight is 236 g/mol. The fraction of sp³-hybridized carbons (Fsp3) is 0.538. The summed E-state index contributed by atoms with van der Waals surface area (Å²) in [5.74, 6) is -0.179. The maximum Gasteiger partial charge on any atom is 0.251 e. The molecule has 1 rings (SSSR count). The van der Waals surface area contributed by atoms with Crippen molar-refractivity contribution in [2.24, 2.45) is 0 Å². The maximum absolute atomic E-state index is 12.0. The molecule has 0 aliphatic heterocycles. The lowest BCUT2D eigenvalue weighted by Crippen LogP contribution is -2.47. The van der Waals surface area contributed by atoms with E-state index in [1.807, 2.05) is 0 Å². The SMILES string of the molecule is CCC(CC)(CC)NC(=O)c1cc[nH]c(=O)c1. The van der Waals surface area contributed by atoms with Crippen molar-refractivity contribution in [2.45, 2.75) is 45.6 Å². The highest BCUT2D eigenvalue weighted by Gasteiger charge is 2.26. The van der Waals surface area contributed by atoms with Crippen LogP contribution in [0.2, 0.25) is 0 Å². The zero-order chi connectivity index (χ0) is 12.9. The van der Waals surface area contributed by atoms with E-state index in [-0.39, 0.29) is 17.0 Å². The quantitative estimate of drug-likeness (QED) is 0.822. The Morgan fingerprint density at radius 2 is 1.88 bits per heavy atom. The van der Waals surface area contributed by atoms with Crippen molar-refractivity contribution in [3.63, 3.8) is 0 Å². The van der Waals surface area contributed by atoms with E-state index in [0.29, 0.717) is 5.56 Å². The average Bonchev–Trinajstić information content (AvgIpc) is 2.36. The summed E-state index contributed by atoms with van der Waals surface area (Å²) in [6, 6.07) is 2.93. The molecule has 0 radical (unpaired) electrons. The molecule has 0 atom stereocenters. The van der Waals surface area contributed by atoms with Crippen molar-refractivity contribution in [1.82, 2.24) is 10.3 Å². The number of aromatic amines is 1. The highest BCUT2D eigenvalue weighted by Crippen LogP contribution is 2.19. The van der Waals surface area contributed by atoms with Gasteiger partial charge in [0.25, 0.3) is 5.91 Å². The van der Waals surface area contributed by atoms with Gasteiger partial charge >= 0.3 is 0 Å². The first-order valence-electron chi connectivity index (χ1n) is 6.08. The number of rotatable bonds is 5. The lowest BCUT2D eigenvalue weighted by atomic mass is 9.89. The standard InChI is InChI=1S/C13H20N2O2/c1-4-13(5-2,6-3)15-12(17)10-7-8-14-11(16)9-10/h7-9H,4-6H2,1-3H3,(H,14,16)(H,15,17). The van der Waals surface area contributed by atoms with Crippen LogP contribution in [-0.4, -0.2) is 16.4 Å². The molecule has 4 nitrogen and oxygen atoms in total. The van der Waals surface area contributed by atoms with E-state index < -0.39 is 0 Å². The number of nitrogens with one attached hydrogen (secondary N) is 2. The number of aromatic nitrogens is 1. The maximum atomic E-state index is 12.0. The van der Waals surface area contributed by atoms with Crippen LogP contribution in [0.4, 0.5) is 0 Å². The van der Waals surface area contributed by atoms with Gasteiger partial charge < -0.3 is 10.3 Å². The van der Waals surface area contributed by atoms with Crippen LogP contribution in [0, 0.1) is 0 Å². The minimum absolute atomic E-state index is 0.167. The lowest BCUT2D eigenvalue weighted by molar-refractivity contribution is 0.0888. The summed E-state index contributed by atoms with van der Waals surface area (Å²) in [5, 5.41) is 3.03. The molecule has 0 spiro atoms. The molecule has 0 unspecified atom stereocenters. The van der Waals surface area contributed by atoms with E-state index in [1.54, 1.807) is 6.07 Å². The predicted octanol–water partition coefficient (Wildman–Crippen LogP) is 2.07. The molecule has 17 heavy (non-hydrogen) atoms. The molecule has 0 aromatic carbocycles. The Hall–Kier alpha value is -1.58. The Labute approximate surface area is 101 Å². The van der Waals surface area contributed by atoms with Crippen molar-refractivity contribution in [2.75, 3.05) is 0 Å². The first kappa shape index (κ1) is 13.5. The molecular weight excluding hydrogens is 216 g/mol. The van der Waals surface area contributed by atoms with Gasteiger partial charge in [-0.1, -0.05) is 20.8 Å². The van der Waals surface area contributed by atoms with E-state index in [1.165, 1.54) is 12.3 Å². The van der Waals surface area contributed by atoms with Crippen molar-refractivity contribution in [1.29, 1.82) is 0 Å². The predicted molar refractivity (Wildman–Crippen MR) is 68.1 cm³/mol. The van der Waals surface area contributed by atoms with Crippen LogP contribution < -0.4 is 10.9 Å². The third kappa shape index (κ3) is 3.19. The second-order valence-electron chi connectivity index (χ2n) is 4.24. The number of carbonyl (C=O) groups is 1. The van der Waals surface area contributed by atoms with Crippen LogP contribution in [0.25, 0.3) is 0 Å². The Balaban J connectivity index is 2.88. The summed E-state index contributed by atoms with van der Waals surface area (Å²) in [6.07, 6.45) is 4.14. The summed E-state index contributed by atoms with van der Waals surface area (Å²) in [6.45, 7) is 6.18. The van der Waals surface area contributed by atoms with Crippen molar-refractivity contribution in [3.05, 3.63) is 34.2 Å². The van der Waals surface area contributed by atoms with Crippen molar-refractivity contribution in [3.8, 4) is 0 Å². The smallest absolute Gasteiger partial charge is 0.251 e. The Kier molecular flexibility index (Phi) is 4.49. The number of carbonyl (C=O) groups excluding carboxylic acids is 1. The van der Waals surface area contributed by atoms with E-state index in [0.717, 1.165) is 19.3 Å². The van der Waals surface area contributed by atoms with Crippen LogP contribution in [0.3, 0.4) is 0 Å². The van der Waals surface area contributed by atoms with E-state index in [2.05, 4.69) is 31.1 Å². The number of hydrogen-bond donors (Lipinski definition) is 2. The third-order valence-corrected chi connectivity index (χ3v) is 3.45. The molecule has 0 fully saturated rings. The monoisotopic (exact) mass is 236 g/mol. The van der Waals surface area contributed by atoms with Gasteiger partial charge in [-0.25, -0.2) is 0 Å². The molecule has 1 aromatic heterocycles. The summed E-state index contributed by atoms with van der Waals surface area (Å²) >= 11 is 0. The molecule has 0 aliphatic rings. The second-order valence-corrected chi connectivity index (χ2v) is 4.24. The van der Waals surface area contributed by atoms with Gasteiger partial charge in [-0.3, -0.25) is 9.59 Å². The molecular formula is C13H20N2O2. The molecule has 1 heterocycles. The molecule has 2 N–H and O–H groups in total. The van der Waals surface area contributed by atoms with Gasteiger partial charge in [0, 0.05) is 23.4 Å². The fourth-order valence-corrected chi connectivity index (χ4v) is 1.91. The second kappa shape index (κ2) is 5.66. The Morgan fingerprint density at radius 1 is 1.29 bits per heavy atom. The normalized spacial score (nSPS) is 11.2. The third-order valence-electron chi connectivity index (χ3n) is 3.45. The molecule has 4 heteroatoms. The number of pyridine rings is 1. The first-order valence-corrected chi connectivity index (χ1v) is 6.08. The van der Waals surface area contributed by atoms with Gasteiger partial charge in [0.15, 0.2) is 0 Å². The Morgan fingerprint density at radius 3 is 2.35 bits per heavy atom. The molecule has 0 bridgehead atoms. The summed E-state index contributed by atoms with van der Waals surface area (Å²) in [5.41, 5.74) is -0.0131. The molecule has 0 saturated carbocycles. The van der Waals surface area contributed by atoms with Crippen molar-refractivity contribution < 1.29 is 4.79 Å². The molecule has 94 valence electrons. The lowest BCUT2D eigenvalue weighted by Gasteiger charge is -2.31. The van der Waals surface area contributed by atoms with E-state index >= 15 is 0 Å². The molecule has 0 saturated heterocycles. The summed E-state index contributed by atoms with van der Waals surface area (Å²) in [7, 11) is 0. The zero-order valence-corrected chi connectivity index (χ0v) is 10.7. The van der Waals surface area contributed by atoms with Gasteiger partial charge in [-0.2, -0.15) is 0 Å². The largest absolute Gasteiger partial charge is 0.347 e. The van der Waals surface area contributed by atoms with Gasteiger partial charge in [-0.05, 0) is 25.3 Å². The number of amides is 1. The highest BCUT2D eigenvalue weighted by atomic mass is 16.2. The van der Waals surface area contributed by atoms with Gasteiger partial charge in [-0.15, -0.1) is 0 Å². The van der Waals surface area contributed by atoms with Crippen molar-refractivity contribution >= 4 is 5.91 Å². The minimum atomic E-state index is -0.257. The van der Waals surface area contributed by atoms with E-state index in [4.69, 9.17) is 0 Å². The van der Waals surface area contributed by atoms with E-state index in [9.17, 15) is 9.59 Å². The zero-order valence-electron chi connectivity index (χ0n) is 10.7. The minimum Gasteiger partial charge on any atom is -0.347 e. The Bertz CT molecular complexity index is 425. The van der Waals surface area contributed by atoms with Crippen LogP contribution >= 0.6 is 0 Å². The van der Waals surface area contributed by atoms with Gasteiger partial charge in [0.05, 0.1) is 0 Å². The highest BCUT2D eigenvalue weighted by molar-refractivity contribution is 5.94. The number of hydrogen-bond acceptors (Lipinski definition) is 2. The van der Waals surface area contributed by atoms with Gasteiger partial charge in [0.1, 0.15) is 0 Å². The molecule has 1 amide bonds. The fourth-order valence-electron chi connectivity index (χ4n) is 1.91. The molecule has 0 aliphatic carbocycles. The number of H-pyrrole nitrogens is 1. The summed E-state index contributed by atoms with van der Waals surface area (Å²) < 4.78 is 0. The topological polar surface area (TPSA) is 62.0 Å².